The summed E-state index contributed by atoms with van der Waals surface area (Å²) in [6.45, 7) is 9.56. The highest BCUT2D eigenvalue weighted by atomic mass is 35.5. The molecule has 0 unspecified atom stereocenters. The van der Waals surface area contributed by atoms with Gasteiger partial charge in [0.1, 0.15) is 5.75 Å². The number of carbonyl (C=O) groups is 1. The molecule has 2 aromatic carbocycles. The third-order valence-electron chi connectivity index (χ3n) is 5.22. The van der Waals surface area contributed by atoms with E-state index < -0.39 is 0 Å². The molecule has 0 bridgehead atoms. The number of carbonyl (C=O) groups excluding carboxylic acids is 1. The highest BCUT2D eigenvalue weighted by Gasteiger charge is 2.21. The molecule has 0 radical (unpaired) electrons. The van der Waals surface area contributed by atoms with E-state index in [0.29, 0.717) is 17.3 Å². The summed E-state index contributed by atoms with van der Waals surface area (Å²) in [4.78, 5) is 23.2. The molecule has 0 aliphatic carbocycles. The molecule has 0 aliphatic heterocycles. The third kappa shape index (κ3) is 6.51. The van der Waals surface area contributed by atoms with E-state index in [4.69, 9.17) is 21.3 Å². The predicted octanol–water partition coefficient (Wildman–Crippen LogP) is 6.16. The fourth-order valence-corrected chi connectivity index (χ4v) is 5.20. The van der Waals surface area contributed by atoms with E-state index in [9.17, 15) is 4.79 Å². The molecule has 1 amide bonds. The Morgan fingerprint density at radius 2 is 1.81 bits per heavy atom. The van der Waals surface area contributed by atoms with Crippen molar-refractivity contribution in [2.45, 2.75) is 25.7 Å². The first-order valence-corrected chi connectivity index (χ1v) is 12.5. The van der Waals surface area contributed by atoms with Gasteiger partial charge in [-0.25, -0.2) is 4.98 Å². The predicted molar refractivity (Wildman–Crippen MR) is 140 cm³/mol. The van der Waals surface area contributed by atoms with Crippen LogP contribution in [0.5, 0.6) is 5.75 Å². The molecular formula is C23H29Cl2N3O2S2. The summed E-state index contributed by atoms with van der Waals surface area (Å²) in [6.07, 6.45) is 0. The number of methoxy groups -OCH3 is 1. The Kier molecular flexibility index (Phi) is 10.6. The molecule has 0 atom stereocenters. The van der Waals surface area contributed by atoms with Crippen molar-refractivity contribution in [3.63, 3.8) is 0 Å². The van der Waals surface area contributed by atoms with Crippen LogP contribution in [0.4, 0.5) is 5.13 Å². The zero-order valence-corrected chi connectivity index (χ0v) is 22.0. The lowest BCUT2D eigenvalue weighted by Gasteiger charge is -2.24. The Balaban J connectivity index is 0.00000363. The summed E-state index contributed by atoms with van der Waals surface area (Å²) in [5.41, 5.74) is 1.82. The van der Waals surface area contributed by atoms with Crippen molar-refractivity contribution in [1.82, 2.24) is 9.88 Å². The molecule has 1 heterocycles. The van der Waals surface area contributed by atoms with Crippen molar-refractivity contribution in [2.75, 3.05) is 43.9 Å². The number of likely N-dealkylation sites (N-methyl/N-ethyl adjacent to an activating group) is 1. The van der Waals surface area contributed by atoms with Crippen molar-refractivity contribution in [1.29, 1.82) is 0 Å². The Morgan fingerprint density at radius 3 is 2.44 bits per heavy atom. The normalized spacial score (nSPS) is 10.9. The van der Waals surface area contributed by atoms with E-state index in [0.717, 1.165) is 51.2 Å². The van der Waals surface area contributed by atoms with Crippen LogP contribution >= 0.6 is 47.1 Å². The number of hydrogen-bond acceptors (Lipinski definition) is 6. The van der Waals surface area contributed by atoms with Gasteiger partial charge in [-0.2, -0.15) is 0 Å². The maximum Gasteiger partial charge on any atom is 0.239 e. The second kappa shape index (κ2) is 12.7. The number of anilines is 1. The van der Waals surface area contributed by atoms with E-state index >= 15 is 0 Å². The number of thiazole rings is 1. The van der Waals surface area contributed by atoms with Crippen LogP contribution in [0.15, 0.2) is 41.3 Å². The summed E-state index contributed by atoms with van der Waals surface area (Å²) >= 11 is 9.35. The molecular weight excluding hydrogens is 485 g/mol. The molecule has 32 heavy (non-hydrogen) atoms. The quantitative estimate of drug-likeness (QED) is 0.304. The second-order valence-corrected chi connectivity index (χ2v) is 9.52. The van der Waals surface area contributed by atoms with Gasteiger partial charge in [0.2, 0.25) is 5.91 Å². The fraction of sp³-hybridized carbons (Fsp3) is 0.391. The summed E-state index contributed by atoms with van der Waals surface area (Å²) in [5.74, 6) is 1.20. The summed E-state index contributed by atoms with van der Waals surface area (Å²) in [7, 11) is 1.65. The van der Waals surface area contributed by atoms with Gasteiger partial charge in [0.05, 0.1) is 23.1 Å². The maximum absolute atomic E-state index is 13.3. The molecule has 0 aliphatic rings. The minimum atomic E-state index is 0. The third-order valence-corrected chi connectivity index (χ3v) is 7.67. The van der Waals surface area contributed by atoms with Crippen LogP contribution in [0.3, 0.4) is 0 Å². The first-order valence-electron chi connectivity index (χ1n) is 10.3. The summed E-state index contributed by atoms with van der Waals surface area (Å²) < 4.78 is 6.25. The van der Waals surface area contributed by atoms with Gasteiger partial charge in [0.15, 0.2) is 5.13 Å². The fourth-order valence-electron chi connectivity index (χ4n) is 3.21. The molecule has 3 aromatic rings. The van der Waals surface area contributed by atoms with Gasteiger partial charge in [-0.3, -0.25) is 9.69 Å². The second-order valence-electron chi connectivity index (χ2n) is 7.05. The molecule has 0 spiro atoms. The number of amides is 1. The summed E-state index contributed by atoms with van der Waals surface area (Å²) in [6, 6.07) is 11.6. The minimum absolute atomic E-state index is 0. The Bertz CT molecular complexity index is 1020. The number of rotatable bonds is 10. The van der Waals surface area contributed by atoms with Crippen molar-refractivity contribution < 1.29 is 9.53 Å². The zero-order valence-electron chi connectivity index (χ0n) is 18.8. The van der Waals surface area contributed by atoms with E-state index in [1.807, 2.05) is 48.2 Å². The van der Waals surface area contributed by atoms with E-state index in [1.165, 1.54) is 11.8 Å². The number of aromatic nitrogens is 1. The maximum atomic E-state index is 13.3. The molecule has 5 nitrogen and oxygen atoms in total. The average Bonchev–Trinajstić information content (AvgIpc) is 3.22. The van der Waals surface area contributed by atoms with E-state index in [-0.39, 0.29) is 18.3 Å². The number of ether oxygens (including phenoxy) is 1. The molecule has 9 heteroatoms. The summed E-state index contributed by atoms with van der Waals surface area (Å²) in [5, 5.41) is 1.42. The standard InChI is InChI=1S/C23H28ClN3O2S2.ClH/c1-5-26(6-2)13-14-27(21(28)15-30-18-9-7-17(29-4)8-10-18)23-25-22-16(3)19(24)11-12-20(22)31-23;/h7-12H,5-6,13-15H2,1-4H3;1H. The average molecular weight is 515 g/mol. The van der Waals surface area contributed by atoms with Gasteiger partial charge in [-0.05, 0) is 62.0 Å². The van der Waals surface area contributed by atoms with Crippen LogP contribution < -0.4 is 9.64 Å². The van der Waals surface area contributed by atoms with Gasteiger partial charge >= 0.3 is 0 Å². The molecule has 0 fully saturated rings. The number of fused-ring (bicyclic) bond motifs is 1. The van der Waals surface area contributed by atoms with Crippen molar-refractivity contribution in [2.24, 2.45) is 0 Å². The van der Waals surface area contributed by atoms with Gasteiger partial charge in [-0.15, -0.1) is 24.2 Å². The Morgan fingerprint density at radius 1 is 1.12 bits per heavy atom. The number of hydrogen-bond donors (Lipinski definition) is 0. The smallest absolute Gasteiger partial charge is 0.239 e. The first kappa shape index (κ1) is 26.7. The topological polar surface area (TPSA) is 45.7 Å². The zero-order chi connectivity index (χ0) is 22.4. The largest absolute Gasteiger partial charge is 0.497 e. The van der Waals surface area contributed by atoms with Crippen LogP contribution in [0.25, 0.3) is 10.2 Å². The molecule has 174 valence electrons. The number of halogens is 2. The number of benzene rings is 2. The Hall–Kier alpha value is -1.51. The van der Waals surface area contributed by atoms with Gasteiger partial charge in [0, 0.05) is 23.0 Å². The number of nitrogens with zero attached hydrogens (tertiary/aromatic N) is 3. The van der Waals surface area contributed by atoms with E-state index in [2.05, 4.69) is 18.7 Å². The molecule has 0 saturated heterocycles. The highest BCUT2D eigenvalue weighted by molar-refractivity contribution is 8.00. The van der Waals surface area contributed by atoms with Crippen LogP contribution in [-0.2, 0) is 4.79 Å². The monoisotopic (exact) mass is 513 g/mol. The van der Waals surface area contributed by atoms with Crippen LogP contribution in [0.1, 0.15) is 19.4 Å². The number of aryl methyl sites for hydroxylation is 1. The lowest BCUT2D eigenvalue weighted by Crippen LogP contribution is -2.39. The van der Waals surface area contributed by atoms with Gasteiger partial charge in [-0.1, -0.05) is 36.8 Å². The molecule has 3 rings (SSSR count). The van der Waals surface area contributed by atoms with Crippen molar-refractivity contribution in [3.05, 3.63) is 47.0 Å². The first-order chi connectivity index (χ1) is 15.0. The van der Waals surface area contributed by atoms with Crippen LogP contribution in [0, 0.1) is 6.92 Å². The van der Waals surface area contributed by atoms with Crippen molar-refractivity contribution >= 4 is 68.4 Å². The molecule has 0 saturated carbocycles. The lowest BCUT2D eigenvalue weighted by atomic mass is 10.2. The van der Waals surface area contributed by atoms with Crippen molar-refractivity contribution in [3.8, 4) is 5.75 Å². The van der Waals surface area contributed by atoms with Crippen LogP contribution in [0.2, 0.25) is 5.02 Å². The highest BCUT2D eigenvalue weighted by Crippen LogP contribution is 2.34. The van der Waals surface area contributed by atoms with Gasteiger partial charge in [0.25, 0.3) is 0 Å². The lowest BCUT2D eigenvalue weighted by molar-refractivity contribution is -0.116. The Labute approximate surface area is 209 Å². The SMILES string of the molecule is CCN(CC)CCN(C(=O)CSc1ccc(OC)cc1)c1nc2c(C)c(Cl)ccc2s1.Cl. The van der Waals surface area contributed by atoms with Gasteiger partial charge < -0.3 is 9.64 Å². The molecule has 1 aromatic heterocycles. The molecule has 0 N–H and O–H groups in total. The number of thioether (sulfide) groups is 1. The minimum Gasteiger partial charge on any atom is -0.497 e. The van der Waals surface area contributed by atoms with E-state index in [1.54, 1.807) is 18.4 Å². The van der Waals surface area contributed by atoms with Crippen LogP contribution in [-0.4, -0.2) is 54.8 Å².